The molecule has 0 atom stereocenters. The van der Waals surface area contributed by atoms with Crippen molar-refractivity contribution < 1.29 is 14.6 Å². The quantitative estimate of drug-likeness (QED) is 0.585. The summed E-state index contributed by atoms with van der Waals surface area (Å²) in [5.74, 6) is -0.287. The molecule has 0 saturated carbocycles. The molecule has 2 aromatic carbocycles. The van der Waals surface area contributed by atoms with Gasteiger partial charge in [0.1, 0.15) is 12.4 Å². The van der Waals surface area contributed by atoms with E-state index in [1.807, 2.05) is 48.5 Å². The van der Waals surface area contributed by atoms with Gasteiger partial charge in [-0.3, -0.25) is 4.98 Å². The lowest BCUT2D eigenvalue weighted by molar-refractivity contribution is 0.0690. The summed E-state index contributed by atoms with van der Waals surface area (Å²) in [7, 11) is 0. The molecule has 1 aromatic heterocycles. The first-order chi connectivity index (χ1) is 14.1. The summed E-state index contributed by atoms with van der Waals surface area (Å²) in [6, 6.07) is 15.5. The molecule has 0 aliphatic heterocycles. The van der Waals surface area contributed by atoms with Crippen molar-refractivity contribution in [2.24, 2.45) is 0 Å². The third-order valence-corrected chi connectivity index (χ3v) is 5.15. The molecule has 1 heterocycles. The van der Waals surface area contributed by atoms with Crippen LogP contribution >= 0.6 is 11.6 Å². The van der Waals surface area contributed by atoms with Gasteiger partial charge in [-0.05, 0) is 54.2 Å². The summed E-state index contributed by atoms with van der Waals surface area (Å²) >= 11 is 5.95. The molecule has 0 unspecified atom stereocenters. The number of carboxylic acid groups (broad SMARTS) is 1. The van der Waals surface area contributed by atoms with Gasteiger partial charge in [-0.2, -0.15) is 0 Å². The Hall–Kier alpha value is -3.18. The van der Waals surface area contributed by atoms with Gasteiger partial charge in [-0.1, -0.05) is 41.9 Å². The van der Waals surface area contributed by atoms with E-state index in [-0.39, 0.29) is 5.69 Å². The molecule has 0 radical (unpaired) electrons. The van der Waals surface area contributed by atoms with Gasteiger partial charge in [0, 0.05) is 10.6 Å². The van der Waals surface area contributed by atoms with Crippen molar-refractivity contribution in [1.29, 1.82) is 0 Å². The predicted molar refractivity (Wildman–Crippen MR) is 112 cm³/mol. The first kappa shape index (κ1) is 19.2. The number of benzene rings is 2. The summed E-state index contributed by atoms with van der Waals surface area (Å²) in [5, 5.41) is 9.92. The number of hydrogen-bond acceptors (Lipinski definition) is 4. The van der Waals surface area contributed by atoms with E-state index in [2.05, 4.69) is 9.97 Å². The van der Waals surface area contributed by atoms with Crippen LogP contribution in [0.1, 0.15) is 46.6 Å². The fraction of sp³-hybridized carbons (Fsp3) is 0.174. The summed E-state index contributed by atoms with van der Waals surface area (Å²) in [6.07, 6.45) is 5.60. The number of hydrogen-bond donors (Lipinski definition) is 1. The number of para-hydroxylation sites is 1. The average Bonchev–Trinajstić information content (AvgIpc) is 3.23. The average molecular weight is 407 g/mol. The van der Waals surface area contributed by atoms with Crippen molar-refractivity contribution in [2.75, 3.05) is 0 Å². The molecule has 29 heavy (non-hydrogen) atoms. The largest absolute Gasteiger partial charge is 0.488 e. The summed E-state index contributed by atoms with van der Waals surface area (Å²) in [6.45, 7) is 0.436. The molecule has 1 aliphatic carbocycles. The van der Waals surface area contributed by atoms with E-state index in [1.54, 1.807) is 6.20 Å². The van der Waals surface area contributed by atoms with Crippen LogP contribution in [0.15, 0.2) is 60.9 Å². The maximum Gasteiger partial charge on any atom is 0.356 e. The van der Waals surface area contributed by atoms with Gasteiger partial charge in [0.05, 0.1) is 18.1 Å². The lowest BCUT2D eigenvalue weighted by Crippen LogP contribution is -2.04. The van der Waals surface area contributed by atoms with Crippen LogP contribution in [0.2, 0.25) is 5.02 Å². The molecule has 6 heteroatoms. The van der Waals surface area contributed by atoms with Crippen LogP contribution < -0.4 is 4.74 Å². The van der Waals surface area contributed by atoms with Crippen molar-refractivity contribution >= 4 is 28.7 Å². The zero-order valence-corrected chi connectivity index (χ0v) is 16.4. The van der Waals surface area contributed by atoms with Crippen LogP contribution in [0.3, 0.4) is 0 Å². The molecule has 0 bridgehead atoms. The molecule has 146 valence electrons. The zero-order chi connectivity index (χ0) is 20.2. The Balaban J connectivity index is 1.66. The molecular weight excluding hydrogens is 388 g/mol. The SMILES string of the molecule is O=C(O)c1cncc(C2=C(c3ccccc3OCc3ccc(Cl)cc3)CCC2)n1. The number of allylic oxidation sites excluding steroid dienone is 2. The maximum atomic E-state index is 11.3. The highest BCUT2D eigenvalue weighted by Gasteiger charge is 2.22. The van der Waals surface area contributed by atoms with Crippen LogP contribution in [0.4, 0.5) is 0 Å². The van der Waals surface area contributed by atoms with Crippen LogP contribution in [0.5, 0.6) is 5.75 Å². The van der Waals surface area contributed by atoms with E-state index in [1.165, 1.54) is 6.20 Å². The zero-order valence-electron chi connectivity index (χ0n) is 15.6. The highest BCUT2D eigenvalue weighted by molar-refractivity contribution is 6.30. The minimum Gasteiger partial charge on any atom is -0.488 e. The van der Waals surface area contributed by atoms with E-state index in [9.17, 15) is 9.90 Å². The first-order valence-corrected chi connectivity index (χ1v) is 9.74. The standard InChI is InChI=1S/C23H19ClN2O3/c24-16-10-8-15(9-11-16)14-29-22-7-2-1-4-19(22)17-5-3-6-18(17)20-12-25-13-21(26-20)23(27)28/h1-2,4,7-13H,3,5-6,14H2,(H,27,28). The summed E-state index contributed by atoms with van der Waals surface area (Å²) in [5.41, 5.74) is 4.77. The normalized spacial score (nSPS) is 13.6. The monoisotopic (exact) mass is 406 g/mol. The van der Waals surface area contributed by atoms with Gasteiger partial charge >= 0.3 is 5.97 Å². The number of aromatic nitrogens is 2. The Morgan fingerprint density at radius 3 is 2.59 bits per heavy atom. The van der Waals surface area contributed by atoms with Gasteiger partial charge in [-0.15, -0.1) is 0 Å². The van der Waals surface area contributed by atoms with Gasteiger partial charge in [0.2, 0.25) is 0 Å². The second-order valence-electron chi connectivity index (χ2n) is 6.82. The second kappa shape index (κ2) is 8.45. The molecule has 3 aromatic rings. The lowest BCUT2D eigenvalue weighted by Gasteiger charge is -2.14. The highest BCUT2D eigenvalue weighted by atomic mass is 35.5. The molecule has 0 amide bonds. The third kappa shape index (κ3) is 4.30. The van der Waals surface area contributed by atoms with Gasteiger partial charge < -0.3 is 9.84 Å². The van der Waals surface area contributed by atoms with E-state index >= 15 is 0 Å². The molecule has 0 fully saturated rings. The number of carbonyl (C=O) groups is 1. The van der Waals surface area contributed by atoms with Crippen LogP contribution in [0.25, 0.3) is 11.1 Å². The van der Waals surface area contributed by atoms with E-state index in [0.29, 0.717) is 17.3 Å². The summed E-state index contributed by atoms with van der Waals surface area (Å²) < 4.78 is 6.11. The Kier molecular flexibility index (Phi) is 5.58. The Morgan fingerprint density at radius 1 is 1.03 bits per heavy atom. The van der Waals surface area contributed by atoms with E-state index in [0.717, 1.165) is 47.3 Å². The third-order valence-electron chi connectivity index (χ3n) is 4.90. The summed E-state index contributed by atoms with van der Waals surface area (Å²) in [4.78, 5) is 19.6. The number of carboxylic acids is 1. The molecule has 1 aliphatic rings. The minimum absolute atomic E-state index is 0.0477. The van der Waals surface area contributed by atoms with Crippen molar-refractivity contribution in [2.45, 2.75) is 25.9 Å². The maximum absolute atomic E-state index is 11.3. The molecule has 0 saturated heterocycles. The number of nitrogens with zero attached hydrogens (tertiary/aromatic N) is 2. The number of halogens is 1. The molecular formula is C23H19ClN2O3. The minimum atomic E-state index is -1.08. The van der Waals surface area contributed by atoms with Crippen molar-refractivity contribution in [3.8, 4) is 5.75 Å². The molecule has 5 nitrogen and oxygen atoms in total. The molecule has 0 spiro atoms. The predicted octanol–water partition coefficient (Wildman–Crippen LogP) is 5.50. The Bertz CT molecular complexity index is 1080. The molecule has 1 N–H and O–H groups in total. The van der Waals surface area contributed by atoms with Crippen LogP contribution in [-0.4, -0.2) is 21.0 Å². The van der Waals surface area contributed by atoms with Crippen LogP contribution in [-0.2, 0) is 6.61 Å². The van der Waals surface area contributed by atoms with Crippen molar-refractivity contribution in [1.82, 2.24) is 9.97 Å². The Labute approximate surface area is 173 Å². The highest BCUT2D eigenvalue weighted by Crippen LogP contribution is 2.42. The molecule has 4 rings (SSSR count). The first-order valence-electron chi connectivity index (χ1n) is 9.36. The van der Waals surface area contributed by atoms with E-state index in [4.69, 9.17) is 16.3 Å². The fourth-order valence-electron chi connectivity index (χ4n) is 3.52. The lowest BCUT2D eigenvalue weighted by atomic mass is 9.99. The van der Waals surface area contributed by atoms with Crippen molar-refractivity contribution in [3.05, 3.63) is 88.5 Å². The van der Waals surface area contributed by atoms with E-state index < -0.39 is 5.97 Å². The van der Waals surface area contributed by atoms with Gasteiger partial charge in [0.25, 0.3) is 0 Å². The van der Waals surface area contributed by atoms with Crippen LogP contribution in [0, 0.1) is 0 Å². The smallest absolute Gasteiger partial charge is 0.356 e. The van der Waals surface area contributed by atoms with Crippen molar-refractivity contribution in [3.63, 3.8) is 0 Å². The van der Waals surface area contributed by atoms with Gasteiger partial charge in [-0.25, -0.2) is 9.78 Å². The Morgan fingerprint density at radius 2 is 1.79 bits per heavy atom. The van der Waals surface area contributed by atoms with Gasteiger partial charge in [0.15, 0.2) is 5.69 Å². The number of aromatic carboxylic acids is 1. The second-order valence-corrected chi connectivity index (χ2v) is 7.25. The fourth-order valence-corrected chi connectivity index (χ4v) is 3.65. The number of rotatable bonds is 6. The topological polar surface area (TPSA) is 72.3 Å². The number of ether oxygens (including phenoxy) is 1.